The zero-order valence-electron chi connectivity index (χ0n) is 15.8. The Kier molecular flexibility index (Phi) is 5.74. The number of aromatic nitrogens is 1. The third-order valence-electron chi connectivity index (χ3n) is 4.02. The van der Waals surface area contributed by atoms with Crippen LogP contribution in [-0.4, -0.2) is 24.1 Å². The lowest BCUT2D eigenvalue weighted by Gasteiger charge is -2.18. The predicted molar refractivity (Wildman–Crippen MR) is 102 cm³/mol. The van der Waals surface area contributed by atoms with Crippen LogP contribution in [-0.2, 0) is 9.53 Å². The average Bonchev–Trinajstić information content (AvgIpc) is 3.11. The minimum Gasteiger partial charge on any atom is -0.496 e. The van der Waals surface area contributed by atoms with E-state index in [0.29, 0.717) is 17.1 Å². The molecule has 0 radical (unpaired) electrons. The molecule has 2 aromatic carbocycles. The standard InChI is InChI=1S/C21H20N2O5/c1-13-9-10-17(26-3)16(11-13)21(25)27-19(15-7-5-4-6-8-15)20(24)22-18-12-14(2)28-23-18/h4-12,19H,1-3H3,(H,22,23,24). The molecule has 1 amide bonds. The number of nitrogens with one attached hydrogen (secondary N) is 1. The molecule has 3 aromatic rings. The lowest BCUT2D eigenvalue weighted by atomic mass is 10.1. The van der Waals surface area contributed by atoms with E-state index < -0.39 is 18.0 Å². The first kappa shape index (κ1) is 19.2. The van der Waals surface area contributed by atoms with Crippen LogP contribution in [0, 0.1) is 13.8 Å². The minimum absolute atomic E-state index is 0.243. The van der Waals surface area contributed by atoms with Gasteiger partial charge in [0, 0.05) is 11.6 Å². The summed E-state index contributed by atoms with van der Waals surface area (Å²) in [7, 11) is 1.47. The van der Waals surface area contributed by atoms with Gasteiger partial charge in [0.05, 0.1) is 7.11 Å². The fourth-order valence-corrected chi connectivity index (χ4v) is 2.67. The Morgan fingerprint density at radius 3 is 2.46 bits per heavy atom. The molecule has 0 saturated carbocycles. The van der Waals surface area contributed by atoms with Crippen LogP contribution in [0.5, 0.6) is 5.75 Å². The van der Waals surface area contributed by atoms with Crippen LogP contribution < -0.4 is 10.1 Å². The van der Waals surface area contributed by atoms with Gasteiger partial charge >= 0.3 is 5.97 Å². The zero-order valence-corrected chi connectivity index (χ0v) is 15.8. The summed E-state index contributed by atoms with van der Waals surface area (Å²) in [5.74, 6) is -0.0454. The number of amides is 1. The first-order chi connectivity index (χ1) is 13.5. The Labute approximate surface area is 162 Å². The van der Waals surface area contributed by atoms with Crippen molar-refractivity contribution >= 4 is 17.7 Å². The summed E-state index contributed by atoms with van der Waals surface area (Å²) in [6.45, 7) is 3.56. The Morgan fingerprint density at radius 2 is 1.82 bits per heavy atom. The van der Waals surface area contributed by atoms with Crippen LogP contribution in [0.3, 0.4) is 0 Å². The third kappa shape index (κ3) is 4.37. The van der Waals surface area contributed by atoms with Crippen molar-refractivity contribution in [1.29, 1.82) is 0 Å². The Bertz CT molecular complexity index is 981. The molecule has 0 bridgehead atoms. The van der Waals surface area contributed by atoms with E-state index in [1.54, 1.807) is 49.4 Å². The molecule has 0 aliphatic heterocycles. The first-order valence-electron chi connectivity index (χ1n) is 8.62. The maximum absolute atomic E-state index is 12.8. The molecular formula is C21H20N2O5. The van der Waals surface area contributed by atoms with Gasteiger partial charge in [0.2, 0.25) is 6.10 Å². The van der Waals surface area contributed by atoms with Gasteiger partial charge in [0.25, 0.3) is 5.91 Å². The van der Waals surface area contributed by atoms with Crippen molar-refractivity contribution in [3.05, 3.63) is 77.0 Å². The number of ether oxygens (including phenoxy) is 2. The van der Waals surface area contributed by atoms with Crippen molar-refractivity contribution in [3.63, 3.8) is 0 Å². The highest BCUT2D eigenvalue weighted by molar-refractivity contribution is 5.98. The second kappa shape index (κ2) is 8.39. The maximum atomic E-state index is 12.8. The van der Waals surface area contributed by atoms with Gasteiger partial charge in [-0.05, 0) is 26.0 Å². The zero-order chi connectivity index (χ0) is 20.1. The number of benzene rings is 2. The number of hydrogen-bond acceptors (Lipinski definition) is 6. The molecule has 7 heteroatoms. The normalized spacial score (nSPS) is 11.5. The van der Waals surface area contributed by atoms with E-state index in [4.69, 9.17) is 14.0 Å². The number of aryl methyl sites for hydroxylation is 2. The van der Waals surface area contributed by atoms with Crippen LogP contribution >= 0.6 is 0 Å². The summed E-state index contributed by atoms with van der Waals surface area (Å²) in [6.07, 6.45) is -1.17. The van der Waals surface area contributed by atoms with E-state index in [9.17, 15) is 9.59 Å². The number of anilines is 1. The van der Waals surface area contributed by atoms with Crippen LogP contribution in [0.1, 0.15) is 33.3 Å². The summed E-state index contributed by atoms with van der Waals surface area (Å²) < 4.78 is 15.8. The summed E-state index contributed by atoms with van der Waals surface area (Å²) in [5.41, 5.74) is 1.64. The van der Waals surface area contributed by atoms with Crippen molar-refractivity contribution < 1.29 is 23.6 Å². The van der Waals surface area contributed by atoms with Gasteiger partial charge < -0.3 is 19.3 Å². The molecule has 1 unspecified atom stereocenters. The highest BCUT2D eigenvalue weighted by Gasteiger charge is 2.27. The van der Waals surface area contributed by atoms with Crippen LogP contribution in [0.25, 0.3) is 0 Å². The van der Waals surface area contributed by atoms with Gasteiger partial charge in [0.15, 0.2) is 5.82 Å². The van der Waals surface area contributed by atoms with Gasteiger partial charge in [0.1, 0.15) is 17.1 Å². The SMILES string of the molecule is COc1ccc(C)cc1C(=O)OC(C(=O)Nc1cc(C)on1)c1ccccc1. The summed E-state index contributed by atoms with van der Waals surface area (Å²) >= 11 is 0. The molecule has 0 spiro atoms. The van der Waals surface area contributed by atoms with Gasteiger partial charge in [-0.2, -0.15) is 0 Å². The minimum atomic E-state index is -1.17. The molecule has 1 atom stereocenters. The molecule has 144 valence electrons. The number of esters is 1. The number of carbonyl (C=O) groups is 2. The monoisotopic (exact) mass is 380 g/mol. The molecule has 0 fully saturated rings. The van der Waals surface area contributed by atoms with E-state index in [2.05, 4.69) is 10.5 Å². The predicted octanol–water partition coefficient (Wildman–Crippen LogP) is 3.84. The third-order valence-corrected chi connectivity index (χ3v) is 4.02. The highest BCUT2D eigenvalue weighted by atomic mass is 16.6. The number of nitrogens with zero attached hydrogens (tertiary/aromatic N) is 1. The van der Waals surface area contributed by atoms with Crippen molar-refractivity contribution in [1.82, 2.24) is 5.16 Å². The summed E-state index contributed by atoms with van der Waals surface area (Å²) in [5, 5.41) is 6.35. The van der Waals surface area contributed by atoms with Gasteiger partial charge in [-0.25, -0.2) is 4.79 Å². The maximum Gasteiger partial charge on any atom is 0.343 e. The van der Waals surface area contributed by atoms with Crippen molar-refractivity contribution in [2.45, 2.75) is 20.0 Å². The molecule has 28 heavy (non-hydrogen) atoms. The van der Waals surface area contributed by atoms with Crippen LogP contribution in [0.15, 0.2) is 59.1 Å². The fourth-order valence-electron chi connectivity index (χ4n) is 2.67. The summed E-state index contributed by atoms with van der Waals surface area (Å²) in [4.78, 5) is 25.6. The van der Waals surface area contributed by atoms with E-state index in [0.717, 1.165) is 5.56 Å². The van der Waals surface area contributed by atoms with Gasteiger partial charge in [-0.1, -0.05) is 47.1 Å². The lowest BCUT2D eigenvalue weighted by molar-refractivity contribution is -0.125. The average molecular weight is 380 g/mol. The molecule has 3 rings (SSSR count). The topological polar surface area (TPSA) is 90.7 Å². The van der Waals surface area contributed by atoms with E-state index in [1.165, 1.54) is 7.11 Å². The molecule has 1 N–H and O–H groups in total. The Morgan fingerprint density at radius 1 is 1.07 bits per heavy atom. The Balaban J connectivity index is 1.88. The lowest BCUT2D eigenvalue weighted by Crippen LogP contribution is -2.26. The van der Waals surface area contributed by atoms with Crippen LogP contribution in [0.2, 0.25) is 0 Å². The number of rotatable bonds is 6. The van der Waals surface area contributed by atoms with Gasteiger partial charge in [-0.15, -0.1) is 0 Å². The van der Waals surface area contributed by atoms with Crippen molar-refractivity contribution in [3.8, 4) is 5.75 Å². The smallest absolute Gasteiger partial charge is 0.343 e. The quantitative estimate of drug-likeness (QED) is 0.654. The number of carbonyl (C=O) groups excluding carboxylic acids is 2. The van der Waals surface area contributed by atoms with Crippen molar-refractivity contribution in [2.24, 2.45) is 0 Å². The molecule has 1 heterocycles. The molecule has 1 aromatic heterocycles. The van der Waals surface area contributed by atoms with Crippen LogP contribution in [0.4, 0.5) is 5.82 Å². The van der Waals surface area contributed by atoms with Gasteiger partial charge in [-0.3, -0.25) is 4.79 Å². The molecule has 0 aliphatic carbocycles. The Hall–Kier alpha value is -3.61. The molecule has 0 aliphatic rings. The largest absolute Gasteiger partial charge is 0.496 e. The summed E-state index contributed by atoms with van der Waals surface area (Å²) in [6, 6.07) is 15.5. The molecule has 7 nitrogen and oxygen atoms in total. The van der Waals surface area contributed by atoms with E-state index in [1.807, 2.05) is 19.1 Å². The molecule has 0 saturated heterocycles. The second-order valence-corrected chi connectivity index (χ2v) is 6.21. The number of hydrogen-bond donors (Lipinski definition) is 1. The van der Waals surface area contributed by atoms with Crippen molar-refractivity contribution in [2.75, 3.05) is 12.4 Å². The fraction of sp³-hybridized carbons (Fsp3) is 0.190. The van der Waals surface area contributed by atoms with E-state index >= 15 is 0 Å². The highest BCUT2D eigenvalue weighted by Crippen LogP contribution is 2.26. The number of methoxy groups -OCH3 is 1. The van der Waals surface area contributed by atoms with E-state index in [-0.39, 0.29) is 11.4 Å². The second-order valence-electron chi connectivity index (χ2n) is 6.21. The first-order valence-corrected chi connectivity index (χ1v) is 8.62. The molecular weight excluding hydrogens is 360 g/mol.